The van der Waals surface area contributed by atoms with Crippen LogP contribution in [0, 0.1) is 0 Å². The normalized spacial score (nSPS) is 10.9. The van der Waals surface area contributed by atoms with Gasteiger partial charge < -0.3 is 5.11 Å². The maximum atomic E-state index is 10.8. The van der Waals surface area contributed by atoms with Crippen LogP contribution in [0.1, 0.15) is 87.2 Å². The number of hydrogen-bond acceptors (Lipinski definition) is 3. The van der Waals surface area contributed by atoms with Crippen molar-refractivity contribution in [3.05, 3.63) is 47.9 Å². The number of aryl methyl sites for hydroxylation is 1. The van der Waals surface area contributed by atoms with Gasteiger partial charge in [-0.15, -0.1) is 0 Å². The topological polar surface area (TPSA) is 63.1 Å². The van der Waals surface area contributed by atoms with Gasteiger partial charge in [0.1, 0.15) is 0 Å². The van der Waals surface area contributed by atoms with E-state index in [9.17, 15) is 4.79 Å². The minimum Gasteiger partial charge on any atom is -0.476 e. The van der Waals surface area contributed by atoms with E-state index in [-0.39, 0.29) is 5.69 Å². The molecule has 1 N–H and O–H groups in total. The Hall–Kier alpha value is -2.23. The number of aromatic carboxylic acids is 1. The molecule has 146 valence electrons. The number of benzene rings is 1. The third-order valence-electron chi connectivity index (χ3n) is 4.94. The van der Waals surface area contributed by atoms with Gasteiger partial charge in [-0.1, -0.05) is 89.0 Å². The lowest BCUT2D eigenvalue weighted by atomic mass is 10.0. The van der Waals surface area contributed by atoms with Crippen molar-refractivity contribution in [2.45, 2.75) is 77.6 Å². The molecule has 0 amide bonds. The van der Waals surface area contributed by atoms with E-state index in [1.807, 2.05) is 12.1 Å². The van der Waals surface area contributed by atoms with E-state index in [0.717, 1.165) is 12.0 Å². The van der Waals surface area contributed by atoms with Gasteiger partial charge >= 0.3 is 5.97 Å². The highest BCUT2D eigenvalue weighted by Crippen LogP contribution is 2.18. The first-order valence-corrected chi connectivity index (χ1v) is 10.4. The molecule has 1 heterocycles. The minimum atomic E-state index is -1.05. The Balaban J connectivity index is 1.63. The number of carboxylic acids is 1. The molecule has 0 saturated heterocycles. The molecule has 1 aromatic heterocycles. The Kier molecular flexibility index (Phi) is 9.53. The summed E-state index contributed by atoms with van der Waals surface area (Å²) < 4.78 is 0. The average Bonchev–Trinajstić information content (AvgIpc) is 2.70. The second-order valence-electron chi connectivity index (χ2n) is 7.22. The third kappa shape index (κ3) is 7.90. The summed E-state index contributed by atoms with van der Waals surface area (Å²) in [6, 6.07) is 8.35. The van der Waals surface area contributed by atoms with Crippen LogP contribution in [0.4, 0.5) is 0 Å². The molecule has 27 heavy (non-hydrogen) atoms. The van der Waals surface area contributed by atoms with Crippen LogP contribution in [0.2, 0.25) is 0 Å². The molecule has 0 bridgehead atoms. The Morgan fingerprint density at radius 1 is 0.815 bits per heavy atom. The molecule has 0 fully saturated rings. The number of rotatable bonds is 13. The van der Waals surface area contributed by atoms with Crippen molar-refractivity contribution in [2.75, 3.05) is 0 Å². The van der Waals surface area contributed by atoms with E-state index < -0.39 is 5.97 Å². The molecule has 2 rings (SSSR count). The summed E-state index contributed by atoms with van der Waals surface area (Å²) in [7, 11) is 0. The lowest BCUT2D eigenvalue weighted by molar-refractivity contribution is 0.0690. The van der Waals surface area contributed by atoms with Crippen molar-refractivity contribution >= 4 is 5.97 Å². The molecule has 0 aliphatic carbocycles. The fourth-order valence-corrected chi connectivity index (χ4v) is 3.25. The number of unbranched alkanes of at least 4 members (excludes halogenated alkanes) is 9. The first-order valence-electron chi connectivity index (χ1n) is 10.4. The van der Waals surface area contributed by atoms with Crippen LogP contribution < -0.4 is 0 Å². The molecule has 4 nitrogen and oxygen atoms in total. The van der Waals surface area contributed by atoms with Crippen LogP contribution in [0.15, 0.2) is 36.7 Å². The molecule has 0 aliphatic rings. The van der Waals surface area contributed by atoms with Gasteiger partial charge in [-0.2, -0.15) is 0 Å². The molecule has 1 aromatic carbocycles. The first-order chi connectivity index (χ1) is 13.2. The summed E-state index contributed by atoms with van der Waals surface area (Å²) in [6.07, 6.45) is 17.5. The maximum absolute atomic E-state index is 10.8. The fraction of sp³-hybridized carbons (Fsp3) is 0.522. The largest absolute Gasteiger partial charge is 0.476 e. The minimum absolute atomic E-state index is 0.0312. The van der Waals surface area contributed by atoms with E-state index in [1.165, 1.54) is 82.2 Å². The van der Waals surface area contributed by atoms with Crippen molar-refractivity contribution in [3.63, 3.8) is 0 Å². The highest BCUT2D eigenvalue weighted by atomic mass is 16.4. The molecule has 0 atom stereocenters. The van der Waals surface area contributed by atoms with Gasteiger partial charge in [0, 0.05) is 5.56 Å². The van der Waals surface area contributed by atoms with Gasteiger partial charge in [0.05, 0.1) is 18.1 Å². The highest BCUT2D eigenvalue weighted by molar-refractivity contribution is 5.85. The number of carboxylic acid groups (broad SMARTS) is 1. The van der Waals surface area contributed by atoms with Crippen LogP contribution in [0.25, 0.3) is 11.3 Å². The standard InChI is InChI=1S/C23H32N2O2/c1-2-3-4-5-6-7-8-9-10-11-12-19-13-15-20(16-14-19)21-17-25-22(18-24-21)23(26)27/h13-18H,2-12H2,1H3,(H,26,27). The number of carbonyl (C=O) groups is 1. The summed E-state index contributed by atoms with van der Waals surface area (Å²) in [5.41, 5.74) is 2.97. The molecule has 0 aliphatic heterocycles. The van der Waals surface area contributed by atoms with Gasteiger partial charge in [0.25, 0.3) is 0 Å². The van der Waals surface area contributed by atoms with Crippen LogP contribution >= 0.6 is 0 Å². The van der Waals surface area contributed by atoms with E-state index in [1.54, 1.807) is 0 Å². The van der Waals surface area contributed by atoms with Gasteiger partial charge in [0.2, 0.25) is 0 Å². The molecule has 0 unspecified atom stereocenters. The van der Waals surface area contributed by atoms with E-state index in [4.69, 9.17) is 5.11 Å². The molecule has 0 spiro atoms. The van der Waals surface area contributed by atoms with E-state index in [0.29, 0.717) is 5.69 Å². The molecule has 2 aromatic rings. The predicted octanol–water partition coefficient (Wildman–Crippen LogP) is 6.31. The number of nitrogens with zero attached hydrogens (tertiary/aromatic N) is 2. The van der Waals surface area contributed by atoms with Crippen molar-refractivity contribution in [1.29, 1.82) is 0 Å². The van der Waals surface area contributed by atoms with Crippen LogP contribution in [-0.2, 0) is 6.42 Å². The monoisotopic (exact) mass is 368 g/mol. The third-order valence-corrected chi connectivity index (χ3v) is 4.94. The Bertz CT molecular complexity index is 666. The molecular formula is C23H32N2O2. The highest BCUT2D eigenvalue weighted by Gasteiger charge is 2.06. The Labute approximate surface area is 163 Å². The maximum Gasteiger partial charge on any atom is 0.356 e. The number of hydrogen-bond donors (Lipinski definition) is 1. The van der Waals surface area contributed by atoms with Crippen molar-refractivity contribution < 1.29 is 9.90 Å². The smallest absolute Gasteiger partial charge is 0.356 e. The zero-order valence-corrected chi connectivity index (χ0v) is 16.5. The summed E-state index contributed by atoms with van der Waals surface area (Å²) in [6.45, 7) is 2.26. The summed E-state index contributed by atoms with van der Waals surface area (Å²) in [5, 5.41) is 8.87. The van der Waals surface area contributed by atoms with Gasteiger partial charge in [-0.3, -0.25) is 4.98 Å². The zero-order valence-electron chi connectivity index (χ0n) is 16.5. The summed E-state index contributed by atoms with van der Waals surface area (Å²) in [5.74, 6) is -1.05. The second kappa shape index (κ2) is 12.2. The van der Waals surface area contributed by atoms with Crippen molar-refractivity contribution in [1.82, 2.24) is 9.97 Å². The van der Waals surface area contributed by atoms with Gasteiger partial charge in [-0.05, 0) is 18.4 Å². The Morgan fingerprint density at radius 2 is 1.41 bits per heavy atom. The van der Waals surface area contributed by atoms with Gasteiger partial charge in [0.15, 0.2) is 5.69 Å². The van der Waals surface area contributed by atoms with Crippen LogP contribution in [0.5, 0.6) is 0 Å². The molecule has 0 radical (unpaired) electrons. The first kappa shape index (κ1) is 21.1. The average molecular weight is 369 g/mol. The lowest BCUT2D eigenvalue weighted by Gasteiger charge is -2.05. The van der Waals surface area contributed by atoms with E-state index >= 15 is 0 Å². The summed E-state index contributed by atoms with van der Waals surface area (Å²) in [4.78, 5) is 18.9. The quantitative estimate of drug-likeness (QED) is 0.421. The second-order valence-corrected chi connectivity index (χ2v) is 7.22. The van der Waals surface area contributed by atoms with Crippen LogP contribution in [0.3, 0.4) is 0 Å². The van der Waals surface area contributed by atoms with Crippen LogP contribution in [-0.4, -0.2) is 21.0 Å². The molecule has 4 heteroatoms. The van der Waals surface area contributed by atoms with Crippen molar-refractivity contribution in [2.24, 2.45) is 0 Å². The van der Waals surface area contributed by atoms with E-state index in [2.05, 4.69) is 29.0 Å². The molecular weight excluding hydrogens is 336 g/mol. The SMILES string of the molecule is CCCCCCCCCCCCc1ccc(-c2cnc(C(=O)O)cn2)cc1. The van der Waals surface area contributed by atoms with Gasteiger partial charge in [-0.25, -0.2) is 9.78 Å². The molecule has 0 saturated carbocycles. The lowest BCUT2D eigenvalue weighted by Crippen LogP contribution is -2.01. The predicted molar refractivity (Wildman–Crippen MR) is 110 cm³/mol. The summed E-state index contributed by atoms with van der Waals surface area (Å²) >= 11 is 0. The fourth-order valence-electron chi connectivity index (χ4n) is 3.25. The zero-order chi connectivity index (χ0) is 19.3. The van der Waals surface area contributed by atoms with Crippen molar-refractivity contribution in [3.8, 4) is 11.3 Å². The Morgan fingerprint density at radius 3 is 1.93 bits per heavy atom. The number of aromatic nitrogens is 2.